The molecule has 6 nitrogen and oxygen atoms in total. The normalized spacial score (nSPS) is 11.3. The molecule has 2 aromatic carbocycles. The second-order valence-corrected chi connectivity index (χ2v) is 8.44. The zero-order valence-electron chi connectivity index (χ0n) is 13.2. The van der Waals surface area contributed by atoms with E-state index >= 15 is 0 Å². The van der Waals surface area contributed by atoms with Crippen molar-refractivity contribution in [2.24, 2.45) is 0 Å². The molecule has 0 aliphatic rings. The number of hydrogen-bond acceptors (Lipinski definition) is 6. The van der Waals surface area contributed by atoms with E-state index in [9.17, 15) is 17.6 Å². The molecule has 1 aromatic heterocycles. The Balaban J connectivity index is 1.82. The Kier molecular flexibility index (Phi) is 5.03. The van der Waals surface area contributed by atoms with Crippen molar-refractivity contribution in [3.63, 3.8) is 0 Å². The fourth-order valence-electron chi connectivity index (χ4n) is 2.09. The van der Waals surface area contributed by atoms with Crippen molar-refractivity contribution in [1.29, 1.82) is 0 Å². The van der Waals surface area contributed by atoms with Crippen LogP contribution in [0.25, 0.3) is 11.4 Å². The van der Waals surface area contributed by atoms with Gasteiger partial charge >= 0.3 is 0 Å². The highest BCUT2D eigenvalue weighted by atomic mass is 35.5. The van der Waals surface area contributed by atoms with E-state index in [-0.39, 0.29) is 26.4 Å². The Labute approximate surface area is 157 Å². The Hall–Kier alpha value is -2.36. The smallest absolute Gasteiger partial charge is 0.257 e. The Morgan fingerprint density at radius 1 is 1.19 bits per heavy atom. The predicted octanol–water partition coefficient (Wildman–Crippen LogP) is 3.65. The number of rotatable bonds is 4. The number of anilines is 1. The molecular weight excluding hydrogens is 401 g/mol. The molecular formula is C16H11ClFN3O3S2. The Bertz CT molecular complexity index is 1080. The summed E-state index contributed by atoms with van der Waals surface area (Å²) in [5, 5.41) is 2.82. The van der Waals surface area contributed by atoms with Crippen molar-refractivity contribution in [3.8, 4) is 11.4 Å². The van der Waals surface area contributed by atoms with Crippen LogP contribution in [0.15, 0.2) is 47.4 Å². The number of benzene rings is 2. The Morgan fingerprint density at radius 3 is 2.54 bits per heavy atom. The number of nitrogens with one attached hydrogen (secondary N) is 1. The molecule has 3 rings (SSSR count). The highest BCUT2D eigenvalue weighted by Crippen LogP contribution is 2.24. The topological polar surface area (TPSA) is 89.0 Å². The minimum atomic E-state index is -3.57. The molecule has 1 N–H and O–H groups in total. The lowest BCUT2D eigenvalue weighted by atomic mass is 10.2. The summed E-state index contributed by atoms with van der Waals surface area (Å²) < 4.78 is 40.5. The molecule has 0 radical (unpaired) electrons. The zero-order chi connectivity index (χ0) is 18.9. The van der Waals surface area contributed by atoms with Crippen molar-refractivity contribution >= 4 is 44.0 Å². The van der Waals surface area contributed by atoms with Gasteiger partial charge in [0.05, 0.1) is 9.92 Å². The Morgan fingerprint density at radius 2 is 1.88 bits per heavy atom. The van der Waals surface area contributed by atoms with Crippen LogP contribution in [0.3, 0.4) is 0 Å². The molecule has 3 aromatic rings. The number of sulfone groups is 1. The molecule has 134 valence electrons. The van der Waals surface area contributed by atoms with E-state index in [1.54, 1.807) is 0 Å². The summed E-state index contributed by atoms with van der Waals surface area (Å²) >= 11 is 6.82. The van der Waals surface area contributed by atoms with E-state index < -0.39 is 15.7 Å². The van der Waals surface area contributed by atoms with Crippen LogP contribution in [0.5, 0.6) is 0 Å². The lowest BCUT2D eigenvalue weighted by Crippen LogP contribution is -2.12. The van der Waals surface area contributed by atoms with Crippen LogP contribution in [0.2, 0.25) is 5.02 Å². The van der Waals surface area contributed by atoms with Gasteiger partial charge in [-0.2, -0.15) is 9.36 Å². The van der Waals surface area contributed by atoms with Crippen molar-refractivity contribution in [3.05, 3.63) is 58.9 Å². The molecule has 0 aliphatic carbocycles. The number of halogens is 2. The molecule has 0 saturated carbocycles. The molecule has 0 saturated heterocycles. The fourth-order valence-corrected chi connectivity index (χ4v) is 3.97. The fraction of sp³-hybridized carbons (Fsp3) is 0.0625. The van der Waals surface area contributed by atoms with Gasteiger partial charge in [-0.05, 0) is 42.5 Å². The van der Waals surface area contributed by atoms with Crippen molar-refractivity contribution < 1.29 is 17.6 Å². The van der Waals surface area contributed by atoms with Gasteiger partial charge in [0, 0.05) is 28.9 Å². The van der Waals surface area contributed by atoms with Crippen LogP contribution in [0, 0.1) is 5.82 Å². The third-order valence-corrected chi connectivity index (χ3v) is 5.55. The maximum Gasteiger partial charge on any atom is 0.257 e. The molecule has 0 spiro atoms. The minimum absolute atomic E-state index is 0.0403. The number of amides is 1. The van der Waals surface area contributed by atoms with Crippen molar-refractivity contribution in [2.45, 2.75) is 4.90 Å². The van der Waals surface area contributed by atoms with Crippen LogP contribution >= 0.6 is 23.1 Å². The summed E-state index contributed by atoms with van der Waals surface area (Å²) in [5.41, 5.74) is 0.724. The predicted molar refractivity (Wildman–Crippen MR) is 97.8 cm³/mol. The van der Waals surface area contributed by atoms with Gasteiger partial charge in [-0.3, -0.25) is 10.1 Å². The monoisotopic (exact) mass is 411 g/mol. The van der Waals surface area contributed by atoms with Gasteiger partial charge in [0.2, 0.25) is 5.13 Å². The third kappa shape index (κ3) is 4.06. The molecule has 0 bridgehead atoms. The maximum absolute atomic E-state index is 13.0. The third-order valence-electron chi connectivity index (χ3n) is 3.34. The molecule has 1 amide bonds. The molecule has 0 atom stereocenters. The van der Waals surface area contributed by atoms with Gasteiger partial charge in [0.15, 0.2) is 15.7 Å². The van der Waals surface area contributed by atoms with E-state index in [2.05, 4.69) is 14.7 Å². The first-order valence-electron chi connectivity index (χ1n) is 7.14. The molecule has 1 heterocycles. The summed E-state index contributed by atoms with van der Waals surface area (Å²) in [7, 11) is -3.57. The summed E-state index contributed by atoms with van der Waals surface area (Å²) in [6.45, 7) is 0. The average Bonchev–Trinajstić information content (AvgIpc) is 3.03. The van der Waals surface area contributed by atoms with E-state index in [0.29, 0.717) is 11.4 Å². The number of nitrogens with zero attached hydrogens (tertiary/aromatic N) is 2. The van der Waals surface area contributed by atoms with E-state index in [1.165, 1.54) is 42.5 Å². The number of hydrogen-bond donors (Lipinski definition) is 1. The lowest BCUT2D eigenvalue weighted by Gasteiger charge is -2.05. The standard InChI is InChI=1S/C16H11ClFN3O3S2/c1-26(23,24)13-8-10(4-7-12(13)17)15(22)20-16-19-14(21-25-16)9-2-5-11(18)6-3-9/h2-8H,1H3,(H,19,20,21,22). The van der Waals surface area contributed by atoms with E-state index in [0.717, 1.165) is 17.8 Å². The van der Waals surface area contributed by atoms with Gasteiger partial charge in [-0.25, -0.2) is 12.8 Å². The first-order valence-corrected chi connectivity index (χ1v) is 10.2. The minimum Gasteiger partial charge on any atom is -0.297 e. The van der Waals surface area contributed by atoms with Gasteiger partial charge in [-0.1, -0.05) is 11.6 Å². The van der Waals surface area contributed by atoms with Crippen LogP contribution in [-0.4, -0.2) is 29.9 Å². The average molecular weight is 412 g/mol. The molecule has 0 aliphatic heterocycles. The van der Waals surface area contributed by atoms with Crippen molar-refractivity contribution in [1.82, 2.24) is 9.36 Å². The SMILES string of the molecule is CS(=O)(=O)c1cc(C(=O)Nc2nc(-c3ccc(F)cc3)ns2)ccc1Cl. The van der Waals surface area contributed by atoms with Gasteiger partial charge < -0.3 is 0 Å². The van der Waals surface area contributed by atoms with Crippen LogP contribution in [0.1, 0.15) is 10.4 Å². The van der Waals surface area contributed by atoms with Crippen LogP contribution in [-0.2, 0) is 9.84 Å². The molecule has 10 heteroatoms. The first kappa shape index (κ1) is 18.4. The van der Waals surface area contributed by atoms with Gasteiger partial charge in [0.1, 0.15) is 5.82 Å². The zero-order valence-corrected chi connectivity index (χ0v) is 15.6. The highest BCUT2D eigenvalue weighted by Gasteiger charge is 2.17. The first-order chi connectivity index (χ1) is 12.2. The highest BCUT2D eigenvalue weighted by molar-refractivity contribution is 7.90. The summed E-state index contributed by atoms with van der Waals surface area (Å²) in [4.78, 5) is 16.4. The van der Waals surface area contributed by atoms with Gasteiger partial charge in [-0.15, -0.1) is 0 Å². The van der Waals surface area contributed by atoms with Crippen LogP contribution in [0.4, 0.5) is 9.52 Å². The quantitative estimate of drug-likeness (QED) is 0.707. The summed E-state index contributed by atoms with van der Waals surface area (Å²) in [6, 6.07) is 9.59. The van der Waals surface area contributed by atoms with E-state index in [1.807, 2.05) is 0 Å². The molecule has 0 unspecified atom stereocenters. The lowest BCUT2D eigenvalue weighted by molar-refractivity contribution is 0.102. The second kappa shape index (κ2) is 7.10. The summed E-state index contributed by atoms with van der Waals surface area (Å²) in [5.74, 6) is -0.575. The second-order valence-electron chi connectivity index (χ2n) is 5.30. The largest absolute Gasteiger partial charge is 0.297 e. The number of aromatic nitrogens is 2. The summed E-state index contributed by atoms with van der Waals surface area (Å²) in [6.07, 6.45) is 1.01. The van der Waals surface area contributed by atoms with E-state index in [4.69, 9.17) is 11.6 Å². The maximum atomic E-state index is 13.0. The van der Waals surface area contributed by atoms with Gasteiger partial charge in [0.25, 0.3) is 5.91 Å². The van der Waals surface area contributed by atoms with Crippen LogP contribution < -0.4 is 5.32 Å². The molecule has 0 fully saturated rings. The number of carbonyl (C=O) groups is 1. The van der Waals surface area contributed by atoms with Crippen molar-refractivity contribution in [2.75, 3.05) is 11.6 Å². The number of carbonyl (C=O) groups excluding carboxylic acids is 1. The molecule has 26 heavy (non-hydrogen) atoms.